The SMILES string of the molecule is CCN(CCCC1CCNCC1)CCCN(C)C. The van der Waals surface area contributed by atoms with Gasteiger partial charge in [-0.05, 0) is 91.4 Å². The molecule has 1 rings (SSSR count). The molecule has 0 spiro atoms. The van der Waals surface area contributed by atoms with Crippen molar-refractivity contribution >= 4 is 0 Å². The van der Waals surface area contributed by atoms with Gasteiger partial charge in [0.05, 0.1) is 0 Å². The number of hydrogen-bond acceptors (Lipinski definition) is 3. The molecule has 18 heavy (non-hydrogen) atoms. The summed E-state index contributed by atoms with van der Waals surface area (Å²) in [4.78, 5) is 4.90. The molecule has 1 saturated heterocycles. The zero-order valence-electron chi connectivity index (χ0n) is 12.7. The highest BCUT2D eigenvalue weighted by Gasteiger charge is 2.12. The Balaban J connectivity index is 2.03. The first-order chi connectivity index (χ1) is 8.72. The molecular weight excluding hydrogens is 222 g/mol. The van der Waals surface area contributed by atoms with Crippen molar-refractivity contribution in [3.63, 3.8) is 0 Å². The molecule has 0 aromatic rings. The minimum atomic E-state index is 0.992. The summed E-state index contributed by atoms with van der Waals surface area (Å²) in [5.41, 5.74) is 0. The Bertz CT molecular complexity index is 188. The Morgan fingerprint density at radius 3 is 2.28 bits per heavy atom. The molecule has 0 amide bonds. The molecule has 1 N–H and O–H groups in total. The van der Waals surface area contributed by atoms with Crippen LogP contribution in [-0.4, -0.2) is 63.2 Å². The predicted octanol–water partition coefficient (Wildman–Crippen LogP) is 2.04. The molecule has 1 fully saturated rings. The van der Waals surface area contributed by atoms with Gasteiger partial charge in [-0.3, -0.25) is 0 Å². The van der Waals surface area contributed by atoms with Crippen molar-refractivity contribution in [2.45, 2.75) is 39.0 Å². The summed E-state index contributed by atoms with van der Waals surface area (Å²) in [6.45, 7) is 9.76. The minimum absolute atomic E-state index is 0.992. The third-order valence-electron chi connectivity index (χ3n) is 4.07. The van der Waals surface area contributed by atoms with Gasteiger partial charge in [0.15, 0.2) is 0 Å². The van der Waals surface area contributed by atoms with Gasteiger partial charge in [0.25, 0.3) is 0 Å². The first kappa shape index (κ1) is 15.9. The van der Waals surface area contributed by atoms with E-state index >= 15 is 0 Å². The van der Waals surface area contributed by atoms with Crippen LogP contribution in [0.5, 0.6) is 0 Å². The van der Waals surface area contributed by atoms with Crippen LogP contribution in [0.1, 0.15) is 39.0 Å². The van der Waals surface area contributed by atoms with E-state index in [-0.39, 0.29) is 0 Å². The molecule has 3 heteroatoms. The van der Waals surface area contributed by atoms with E-state index in [4.69, 9.17) is 0 Å². The Kier molecular flexibility index (Phi) is 8.64. The Morgan fingerprint density at radius 1 is 1.00 bits per heavy atom. The lowest BCUT2D eigenvalue weighted by atomic mass is 9.93. The van der Waals surface area contributed by atoms with Crippen LogP contribution in [0, 0.1) is 5.92 Å². The molecule has 3 nitrogen and oxygen atoms in total. The summed E-state index contributed by atoms with van der Waals surface area (Å²) in [6, 6.07) is 0. The maximum Gasteiger partial charge on any atom is -0.000667 e. The maximum absolute atomic E-state index is 3.45. The largest absolute Gasteiger partial charge is 0.317 e. The van der Waals surface area contributed by atoms with Gasteiger partial charge in [-0.25, -0.2) is 0 Å². The van der Waals surface area contributed by atoms with Crippen LogP contribution in [0.4, 0.5) is 0 Å². The normalized spacial score (nSPS) is 17.8. The van der Waals surface area contributed by atoms with Crippen LogP contribution in [0.2, 0.25) is 0 Å². The Labute approximate surface area is 114 Å². The predicted molar refractivity (Wildman–Crippen MR) is 80.1 cm³/mol. The van der Waals surface area contributed by atoms with Crippen molar-refractivity contribution in [1.82, 2.24) is 15.1 Å². The second-order valence-corrected chi connectivity index (χ2v) is 5.93. The molecule has 1 aliphatic heterocycles. The van der Waals surface area contributed by atoms with Crippen molar-refractivity contribution in [2.75, 3.05) is 53.4 Å². The molecule has 0 aromatic carbocycles. The van der Waals surface area contributed by atoms with E-state index < -0.39 is 0 Å². The topological polar surface area (TPSA) is 18.5 Å². The molecule has 0 radical (unpaired) electrons. The lowest BCUT2D eigenvalue weighted by Gasteiger charge is -2.25. The van der Waals surface area contributed by atoms with E-state index in [1.54, 1.807) is 0 Å². The number of nitrogens with zero attached hydrogens (tertiary/aromatic N) is 2. The molecule has 0 aliphatic carbocycles. The van der Waals surface area contributed by atoms with Gasteiger partial charge in [0.2, 0.25) is 0 Å². The lowest BCUT2D eigenvalue weighted by Crippen LogP contribution is -2.30. The molecule has 108 valence electrons. The lowest BCUT2D eigenvalue weighted by molar-refractivity contribution is 0.248. The molecule has 1 aliphatic rings. The van der Waals surface area contributed by atoms with Gasteiger partial charge < -0.3 is 15.1 Å². The van der Waals surface area contributed by atoms with E-state index in [0.717, 1.165) is 5.92 Å². The zero-order valence-corrected chi connectivity index (χ0v) is 12.7. The standard InChI is InChI=1S/C15H33N3/c1-4-18(14-6-12-17(2)3)13-5-7-15-8-10-16-11-9-15/h15-16H,4-14H2,1-3H3. The van der Waals surface area contributed by atoms with Gasteiger partial charge in [0.1, 0.15) is 0 Å². The van der Waals surface area contributed by atoms with Crippen molar-refractivity contribution in [1.29, 1.82) is 0 Å². The fraction of sp³-hybridized carbons (Fsp3) is 1.00. The van der Waals surface area contributed by atoms with Crippen LogP contribution >= 0.6 is 0 Å². The van der Waals surface area contributed by atoms with Crippen molar-refractivity contribution in [3.8, 4) is 0 Å². The summed E-state index contributed by atoms with van der Waals surface area (Å²) in [5.74, 6) is 0.992. The molecular formula is C15H33N3. The summed E-state index contributed by atoms with van der Waals surface area (Å²) in [5, 5.41) is 3.45. The smallest absolute Gasteiger partial charge is 0.000667 e. The number of piperidine rings is 1. The van der Waals surface area contributed by atoms with E-state index in [1.807, 2.05) is 0 Å². The van der Waals surface area contributed by atoms with Crippen LogP contribution in [0.25, 0.3) is 0 Å². The molecule has 0 unspecified atom stereocenters. The molecule has 0 bridgehead atoms. The van der Waals surface area contributed by atoms with Gasteiger partial charge in [-0.1, -0.05) is 6.92 Å². The third kappa shape index (κ3) is 7.34. The van der Waals surface area contributed by atoms with Gasteiger partial charge in [-0.15, -0.1) is 0 Å². The zero-order chi connectivity index (χ0) is 13.2. The average Bonchev–Trinajstić information content (AvgIpc) is 2.38. The summed E-state index contributed by atoms with van der Waals surface area (Å²) < 4.78 is 0. The monoisotopic (exact) mass is 255 g/mol. The fourth-order valence-electron chi connectivity index (χ4n) is 2.81. The van der Waals surface area contributed by atoms with Crippen molar-refractivity contribution in [2.24, 2.45) is 5.92 Å². The third-order valence-corrected chi connectivity index (χ3v) is 4.07. The highest BCUT2D eigenvalue weighted by atomic mass is 15.1. The van der Waals surface area contributed by atoms with E-state index in [9.17, 15) is 0 Å². The molecule has 0 aromatic heterocycles. The van der Waals surface area contributed by atoms with Gasteiger partial charge in [0, 0.05) is 0 Å². The van der Waals surface area contributed by atoms with Gasteiger partial charge in [-0.2, -0.15) is 0 Å². The minimum Gasteiger partial charge on any atom is -0.317 e. The molecule has 0 atom stereocenters. The second kappa shape index (κ2) is 9.76. The van der Waals surface area contributed by atoms with Gasteiger partial charge >= 0.3 is 0 Å². The van der Waals surface area contributed by atoms with Crippen LogP contribution in [0.3, 0.4) is 0 Å². The average molecular weight is 255 g/mol. The number of hydrogen-bond donors (Lipinski definition) is 1. The van der Waals surface area contributed by atoms with E-state index in [1.165, 1.54) is 71.4 Å². The Morgan fingerprint density at radius 2 is 1.67 bits per heavy atom. The highest BCUT2D eigenvalue weighted by Crippen LogP contribution is 2.17. The molecule has 1 heterocycles. The first-order valence-electron chi connectivity index (χ1n) is 7.80. The summed E-state index contributed by atoms with van der Waals surface area (Å²) in [7, 11) is 4.32. The number of nitrogens with one attached hydrogen (secondary N) is 1. The Hall–Kier alpha value is -0.120. The number of rotatable bonds is 9. The quantitative estimate of drug-likeness (QED) is 0.680. The van der Waals surface area contributed by atoms with Crippen LogP contribution < -0.4 is 5.32 Å². The van der Waals surface area contributed by atoms with Crippen LogP contribution in [-0.2, 0) is 0 Å². The first-order valence-corrected chi connectivity index (χ1v) is 7.80. The summed E-state index contributed by atoms with van der Waals surface area (Å²) >= 11 is 0. The van der Waals surface area contributed by atoms with E-state index in [2.05, 4.69) is 36.1 Å². The van der Waals surface area contributed by atoms with E-state index in [0.29, 0.717) is 0 Å². The molecule has 0 saturated carbocycles. The van der Waals surface area contributed by atoms with Crippen molar-refractivity contribution < 1.29 is 0 Å². The summed E-state index contributed by atoms with van der Waals surface area (Å²) in [6.07, 6.45) is 6.92. The highest BCUT2D eigenvalue weighted by molar-refractivity contribution is 4.69. The maximum atomic E-state index is 3.45. The second-order valence-electron chi connectivity index (χ2n) is 5.93. The fourth-order valence-corrected chi connectivity index (χ4v) is 2.81. The van der Waals surface area contributed by atoms with Crippen molar-refractivity contribution in [3.05, 3.63) is 0 Å². The van der Waals surface area contributed by atoms with Crippen LogP contribution in [0.15, 0.2) is 0 Å².